The van der Waals surface area contributed by atoms with Crippen LogP contribution in [0, 0.1) is 10.1 Å². The lowest BCUT2D eigenvalue weighted by Gasteiger charge is -2.16. The molecule has 1 N–H and O–H groups in total. The average molecular weight is 264 g/mol. The predicted molar refractivity (Wildman–Crippen MR) is 78.2 cm³/mol. The first-order valence-corrected chi connectivity index (χ1v) is 7.14. The average Bonchev–Trinajstić information content (AvgIpc) is 2.43. The highest BCUT2D eigenvalue weighted by Crippen LogP contribution is 2.13. The molecule has 0 spiro atoms. The third kappa shape index (κ3) is 5.83. The highest BCUT2D eigenvalue weighted by atomic mass is 16.6. The molecule has 0 saturated carbocycles. The van der Waals surface area contributed by atoms with Crippen LogP contribution in [-0.4, -0.2) is 11.0 Å². The molecule has 0 fully saturated rings. The molecule has 0 aliphatic carbocycles. The first kappa shape index (κ1) is 15.6. The van der Waals surface area contributed by atoms with Gasteiger partial charge in [-0.2, -0.15) is 0 Å². The number of unbranched alkanes of at least 4 members (excludes halogenated alkanes) is 2. The maximum absolute atomic E-state index is 10.6. The van der Waals surface area contributed by atoms with Gasteiger partial charge in [-0.1, -0.05) is 45.2 Å². The maximum atomic E-state index is 10.6. The number of nitro groups is 1. The Kier molecular flexibility index (Phi) is 7.11. The van der Waals surface area contributed by atoms with Crippen LogP contribution in [0.15, 0.2) is 24.3 Å². The molecule has 0 aromatic heterocycles. The van der Waals surface area contributed by atoms with Gasteiger partial charge in [0.1, 0.15) is 0 Å². The summed E-state index contributed by atoms with van der Waals surface area (Å²) in [5, 5.41) is 14.1. The second-order valence-corrected chi connectivity index (χ2v) is 4.91. The number of nitrogens with zero attached hydrogens (tertiary/aromatic N) is 1. The fraction of sp³-hybridized carbons (Fsp3) is 0.600. The van der Waals surface area contributed by atoms with Gasteiger partial charge in [-0.3, -0.25) is 10.1 Å². The zero-order valence-electron chi connectivity index (χ0n) is 11.9. The summed E-state index contributed by atoms with van der Waals surface area (Å²) in [4.78, 5) is 10.2. The number of benzene rings is 1. The molecule has 106 valence electrons. The van der Waals surface area contributed by atoms with Gasteiger partial charge in [0.2, 0.25) is 0 Å². The molecule has 1 aromatic carbocycles. The summed E-state index contributed by atoms with van der Waals surface area (Å²) in [6.07, 6.45) is 6.13. The van der Waals surface area contributed by atoms with E-state index in [1.807, 2.05) is 12.1 Å². The van der Waals surface area contributed by atoms with Crippen LogP contribution in [0.25, 0.3) is 0 Å². The largest absolute Gasteiger partial charge is 0.310 e. The third-order valence-corrected chi connectivity index (χ3v) is 3.39. The van der Waals surface area contributed by atoms with Gasteiger partial charge in [0.25, 0.3) is 5.69 Å². The van der Waals surface area contributed by atoms with E-state index in [0.717, 1.165) is 18.5 Å². The zero-order valence-corrected chi connectivity index (χ0v) is 11.9. The third-order valence-electron chi connectivity index (χ3n) is 3.39. The Balaban J connectivity index is 2.39. The molecule has 0 aliphatic heterocycles. The summed E-state index contributed by atoms with van der Waals surface area (Å²) in [6, 6.07) is 7.32. The smallest absolute Gasteiger partial charge is 0.269 e. The van der Waals surface area contributed by atoms with E-state index in [0.29, 0.717) is 6.04 Å². The number of non-ortho nitro benzene ring substituents is 1. The molecule has 0 saturated heterocycles. The highest BCUT2D eigenvalue weighted by Gasteiger charge is 2.07. The van der Waals surface area contributed by atoms with Gasteiger partial charge in [-0.15, -0.1) is 0 Å². The molecular weight excluding hydrogens is 240 g/mol. The molecule has 0 heterocycles. The van der Waals surface area contributed by atoms with Crippen molar-refractivity contribution in [1.82, 2.24) is 5.32 Å². The summed E-state index contributed by atoms with van der Waals surface area (Å²) >= 11 is 0. The normalized spacial score (nSPS) is 12.3. The van der Waals surface area contributed by atoms with Gasteiger partial charge in [0.15, 0.2) is 0 Å². The van der Waals surface area contributed by atoms with Crippen LogP contribution in [0.4, 0.5) is 5.69 Å². The van der Waals surface area contributed by atoms with Crippen molar-refractivity contribution in [2.45, 2.75) is 58.5 Å². The van der Waals surface area contributed by atoms with Gasteiger partial charge in [0.05, 0.1) is 4.92 Å². The Morgan fingerprint density at radius 3 is 2.42 bits per heavy atom. The summed E-state index contributed by atoms with van der Waals surface area (Å²) in [7, 11) is 0. The molecule has 1 atom stereocenters. The number of nitrogens with one attached hydrogen (secondary N) is 1. The Morgan fingerprint density at radius 1 is 1.21 bits per heavy atom. The van der Waals surface area contributed by atoms with E-state index in [1.165, 1.54) is 25.7 Å². The van der Waals surface area contributed by atoms with E-state index < -0.39 is 0 Å². The van der Waals surface area contributed by atoms with E-state index in [4.69, 9.17) is 0 Å². The predicted octanol–water partition coefficient (Wildman–Crippen LogP) is 4.04. The van der Waals surface area contributed by atoms with Crippen molar-refractivity contribution in [3.05, 3.63) is 39.9 Å². The van der Waals surface area contributed by atoms with E-state index in [9.17, 15) is 10.1 Å². The molecule has 1 aromatic rings. The number of nitro benzene ring substituents is 1. The monoisotopic (exact) mass is 264 g/mol. The summed E-state index contributed by atoms with van der Waals surface area (Å²) in [5.41, 5.74) is 1.25. The summed E-state index contributed by atoms with van der Waals surface area (Å²) < 4.78 is 0. The van der Waals surface area contributed by atoms with E-state index >= 15 is 0 Å². The van der Waals surface area contributed by atoms with Crippen LogP contribution in [-0.2, 0) is 6.54 Å². The van der Waals surface area contributed by atoms with Crippen molar-refractivity contribution in [3.8, 4) is 0 Å². The molecule has 1 rings (SSSR count). The molecule has 4 heteroatoms. The molecular formula is C15H24N2O2. The minimum atomic E-state index is -0.364. The second kappa shape index (κ2) is 8.64. The van der Waals surface area contributed by atoms with Crippen molar-refractivity contribution in [3.63, 3.8) is 0 Å². The minimum Gasteiger partial charge on any atom is -0.310 e. The maximum Gasteiger partial charge on any atom is 0.269 e. The van der Waals surface area contributed by atoms with Crippen LogP contribution < -0.4 is 5.32 Å². The van der Waals surface area contributed by atoms with Crippen LogP contribution in [0.5, 0.6) is 0 Å². The Bertz CT molecular complexity index is 376. The lowest BCUT2D eigenvalue weighted by molar-refractivity contribution is -0.384. The topological polar surface area (TPSA) is 55.2 Å². The SMILES string of the molecule is CCCCCC(CC)NCc1ccc([N+](=O)[O-])cc1. The molecule has 4 nitrogen and oxygen atoms in total. The second-order valence-electron chi connectivity index (χ2n) is 4.91. The van der Waals surface area contributed by atoms with Crippen LogP contribution in [0.3, 0.4) is 0 Å². The molecule has 19 heavy (non-hydrogen) atoms. The van der Waals surface area contributed by atoms with Crippen LogP contribution in [0.2, 0.25) is 0 Å². The van der Waals surface area contributed by atoms with Crippen LogP contribution in [0.1, 0.15) is 51.5 Å². The number of hydrogen-bond acceptors (Lipinski definition) is 3. The highest BCUT2D eigenvalue weighted by molar-refractivity contribution is 5.32. The van der Waals surface area contributed by atoms with Gasteiger partial charge in [-0.05, 0) is 18.4 Å². The van der Waals surface area contributed by atoms with Crippen molar-refractivity contribution >= 4 is 5.69 Å². The molecule has 1 unspecified atom stereocenters. The van der Waals surface area contributed by atoms with E-state index in [1.54, 1.807) is 12.1 Å². The van der Waals surface area contributed by atoms with E-state index in [-0.39, 0.29) is 10.6 Å². The zero-order chi connectivity index (χ0) is 14.1. The minimum absolute atomic E-state index is 0.152. The fourth-order valence-corrected chi connectivity index (χ4v) is 2.09. The first-order chi connectivity index (χ1) is 9.17. The Hall–Kier alpha value is -1.42. The van der Waals surface area contributed by atoms with E-state index in [2.05, 4.69) is 19.2 Å². The summed E-state index contributed by atoms with van der Waals surface area (Å²) in [5.74, 6) is 0. The Morgan fingerprint density at radius 2 is 1.89 bits per heavy atom. The molecule has 0 radical (unpaired) electrons. The van der Waals surface area contributed by atoms with Crippen molar-refractivity contribution in [2.24, 2.45) is 0 Å². The lowest BCUT2D eigenvalue weighted by Crippen LogP contribution is -2.27. The first-order valence-electron chi connectivity index (χ1n) is 7.14. The van der Waals surface area contributed by atoms with Crippen molar-refractivity contribution in [2.75, 3.05) is 0 Å². The van der Waals surface area contributed by atoms with Gasteiger partial charge in [-0.25, -0.2) is 0 Å². The van der Waals surface area contributed by atoms with Gasteiger partial charge in [0, 0.05) is 24.7 Å². The summed E-state index contributed by atoms with van der Waals surface area (Å²) in [6.45, 7) is 5.19. The Labute approximate surface area is 115 Å². The fourth-order valence-electron chi connectivity index (χ4n) is 2.09. The molecule has 0 amide bonds. The lowest BCUT2D eigenvalue weighted by atomic mass is 10.1. The van der Waals surface area contributed by atoms with Gasteiger partial charge >= 0.3 is 0 Å². The van der Waals surface area contributed by atoms with Crippen LogP contribution >= 0.6 is 0 Å². The number of hydrogen-bond donors (Lipinski definition) is 1. The quantitative estimate of drug-likeness (QED) is 0.416. The van der Waals surface area contributed by atoms with Crippen molar-refractivity contribution < 1.29 is 4.92 Å². The standard InChI is InChI=1S/C15H24N2O2/c1-3-5-6-7-14(4-2)16-12-13-8-10-15(11-9-13)17(18)19/h8-11,14,16H,3-7,12H2,1-2H3. The van der Waals surface area contributed by atoms with Gasteiger partial charge < -0.3 is 5.32 Å². The number of rotatable bonds is 9. The molecule has 0 bridgehead atoms. The molecule has 0 aliphatic rings. The van der Waals surface area contributed by atoms with Crippen molar-refractivity contribution in [1.29, 1.82) is 0 Å².